The lowest BCUT2D eigenvalue weighted by molar-refractivity contribution is 0.103. The molecule has 2 atom stereocenters. The summed E-state index contributed by atoms with van der Waals surface area (Å²) in [6.07, 6.45) is 0. The van der Waals surface area contributed by atoms with E-state index in [2.05, 4.69) is 11.1 Å². The van der Waals surface area contributed by atoms with Crippen molar-refractivity contribution in [2.24, 2.45) is 10.9 Å². The third kappa shape index (κ3) is 2.20. The van der Waals surface area contributed by atoms with Gasteiger partial charge in [-0.05, 0) is 24.6 Å². The predicted octanol–water partition coefficient (Wildman–Crippen LogP) is 4.00. The molecule has 4 nitrogen and oxygen atoms in total. The number of allylic oxidation sites excluding steroid dienone is 1. The van der Waals surface area contributed by atoms with E-state index in [-0.39, 0.29) is 11.7 Å². The van der Waals surface area contributed by atoms with Gasteiger partial charge in [-0.25, -0.2) is 0 Å². The van der Waals surface area contributed by atoms with Gasteiger partial charge in [0.05, 0.1) is 24.8 Å². The van der Waals surface area contributed by atoms with Crippen molar-refractivity contribution >= 4 is 17.2 Å². The van der Waals surface area contributed by atoms with Crippen LogP contribution in [0.15, 0.2) is 59.1 Å². The van der Waals surface area contributed by atoms with Gasteiger partial charge in [0.1, 0.15) is 5.75 Å². The Morgan fingerprint density at radius 2 is 1.76 bits per heavy atom. The van der Waals surface area contributed by atoms with E-state index >= 15 is 0 Å². The van der Waals surface area contributed by atoms with Crippen LogP contribution in [-0.2, 0) is 0 Å². The van der Waals surface area contributed by atoms with E-state index in [0.29, 0.717) is 16.8 Å². The van der Waals surface area contributed by atoms with Crippen molar-refractivity contribution in [3.8, 4) is 11.8 Å². The number of aliphatic imine (C=N–C) groups is 1. The summed E-state index contributed by atoms with van der Waals surface area (Å²) in [5, 5.41) is 9.73. The Bertz CT molecular complexity index is 978. The molecule has 2 aliphatic rings. The number of carbonyl (C=O) groups is 1. The zero-order chi connectivity index (χ0) is 17.6. The molecule has 1 aliphatic heterocycles. The summed E-state index contributed by atoms with van der Waals surface area (Å²) in [6, 6.07) is 17.4. The SMILES string of the molecule is COc1ccc([C@H]2C3=C(N=C(C)C2C#N)c2ccccc2C3=O)cc1. The molecule has 0 bridgehead atoms. The van der Waals surface area contributed by atoms with Crippen LogP contribution in [0.2, 0.25) is 0 Å². The number of benzene rings is 2. The molecule has 2 aromatic rings. The normalized spacial score (nSPS) is 21.3. The molecule has 0 amide bonds. The third-order valence-corrected chi connectivity index (χ3v) is 4.92. The number of carbonyl (C=O) groups excluding carboxylic acids is 1. The number of rotatable bonds is 2. The zero-order valence-corrected chi connectivity index (χ0v) is 14.0. The van der Waals surface area contributed by atoms with E-state index in [9.17, 15) is 10.1 Å². The summed E-state index contributed by atoms with van der Waals surface area (Å²) >= 11 is 0. The molecule has 0 saturated heterocycles. The van der Waals surface area contributed by atoms with Crippen LogP contribution in [0.3, 0.4) is 0 Å². The fraction of sp³-hybridized carbons (Fsp3) is 0.190. The predicted molar refractivity (Wildman–Crippen MR) is 95.6 cm³/mol. The first-order valence-corrected chi connectivity index (χ1v) is 8.12. The van der Waals surface area contributed by atoms with Crippen molar-refractivity contribution in [1.82, 2.24) is 0 Å². The fourth-order valence-electron chi connectivity index (χ4n) is 3.69. The maximum atomic E-state index is 13.0. The van der Waals surface area contributed by atoms with Crippen LogP contribution in [-0.4, -0.2) is 18.6 Å². The maximum Gasteiger partial charge on any atom is 0.192 e. The summed E-state index contributed by atoms with van der Waals surface area (Å²) in [5.74, 6) is -0.0506. The average Bonchev–Trinajstić information content (AvgIpc) is 2.93. The Balaban J connectivity index is 1.92. The minimum absolute atomic E-state index is 0.0251. The number of ketones is 1. The van der Waals surface area contributed by atoms with Crippen molar-refractivity contribution in [2.45, 2.75) is 12.8 Å². The van der Waals surface area contributed by atoms with Gasteiger partial charge in [0.2, 0.25) is 0 Å². The van der Waals surface area contributed by atoms with Crippen molar-refractivity contribution in [1.29, 1.82) is 5.26 Å². The average molecular weight is 328 g/mol. The smallest absolute Gasteiger partial charge is 0.192 e. The van der Waals surface area contributed by atoms with Gasteiger partial charge in [-0.2, -0.15) is 5.26 Å². The number of Topliss-reactive ketones (excluding diaryl/α,β-unsaturated/α-hetero) is 1. The summed E-state index contributed by atoms with van der Waals surface area (Å²) in [7, 11) is 1.61. The monoisotopic (exact) mass is 328 g/mol. The second-order valence-corrected chi connectivity index (χ2v) is 6.25. The summed E-state index contributed by atoms with van der Waals surface area (Å²) in [4.78, 5) is 17.7. The van der Waals surface area contributed by atoms with Crippen molar-refractivity contribution in [3.05, 3.63) is 70.8 Å². The number of fused-ring (bicyclic) bond motifs is 2. The molecule has 1 heterocycles. The van der Waals surface area contributed by atoms with Crippen LogP contribution in [0.4, 0.5) is 0 Å². The van der Waals surface area contributed by atoms with E-state index in [1.54, 1.807) is 7.11 Å². The molecule has 0 N–H and O–H groups in total. The second kappa shape index (κ2) is 5.71. The molecule has 4 heteroatoms. The largest absolute Gasteiger partial charge is 0.497 e. The van der Waals surface area contributed by atoms with Gasteiger partial charge in [-0.15, -0.1) is 0 Å². The van der Waals surface area contributed by atoms with Gasteiger partial charge in [0.25, 0.3) is 0 Å². The van der Waals surface area contributed by atoms with E-state index in [1.807, 2.05) is 55.5 Å². The number of methoxy groups -OCH3 is 1. The Morgan fingerprint density at radius 3 is 2.40 bits per heavy atom. The number of hydrogen-bond donors (Lipinski definition) is 0. The lowest BCUT2D eigenvalue weighted by atomic mass is 9.76. The van der Waals surface area contributed by atoms with Crippen molar-refractivity contribution in [3.63, 3.8) is 0 Å². The van der Waals surface area contributed by atoms with Crippen molar-refractivity contribution < 1.29 is 9.53 Å². The maximum absolute atomic E-state index is 13.0. The number of ether oxygens (including phenoxy) is 1. The van der Waals surface area contributed by atoms with Crippen LogP contribution >= 0.6 is 0 Å². The van der Waals surface area contributed by atoms with Crippen LogP contribution in [0.25, 0.3) is 5.70 Å². The molecule has 2 aromatic carbocycles. The fourth-order valence-corrected chi connectivity index (χ4v) is 3.69. The van der Waals surface area contributed by atoms with Crippen LogP contribution < -0.4 is 4.74 Å². The molecule has 4 rings (SSSR count). The van der Waals surface area contributed by atoms with E-state index in [1.165, 1.54) is 0 Å². The minimum Gasteiger partial charge on any atom is -0.497 e. The highest BCUT2D eigenvalue weighted by Gasteiger charge is 2.42. The Kier molecular flexibility index (Phi) is 3.51. The number of nitrogens with zero attached hydrogens (tertiary/aromatic N) is 2. The molecule has 1 aliphatic carbocycles. The van der Waals surface area contributed by atoms with Gasteiger partial charge < -0.3 is 4.74 Å². The highest BCUT2D eigenvalue weighted by molar-refractivity contribution is 6.23. The lowest BCUT2D eigenvalue weighted by Crippen LogP contribution is -2.26. The van der Waals surface area contributed by atoms with Crippen LogP contribution in [0, 0.1) is 17.2 Å². The van der Waals surface area contributed by atoms with Gasteiger partial charge in [-0.3, -0.25) is 9.79 Å². The highest BCUT2D eigenvalue weighted by atomic mass is 16.5. The van der Waals surface area contributed by atoms with Crippen LogP contribution in [0.5, 0.6) is 5.75 Å². The molecule has 0 saturated carbocycles. The molecule has 0 aromatic heterocycles. The van der Waals surface area contributed by atoms with Crippen molar-refractivity contribution in [2.75, 3.05) is 7.11 Å². The second-order valence-electron chi connectivity index (χ2n) is 6.25. The molecular formula is C21H16N2O2. The Morgan fingerprint density at radius 1 is 1.08 bits per heavy atom. The summed E-state index contributed by atoms with van der Waals surface area (Å²) in [6.45, 7) is 1.86. The van der Waals surface area contributed by atoms with Gasteiger partial charge in [0, 0.05) is 28.3 Å². The first-order chi connectivity index (χ1) is 12.2. The molecule has 25 heavy (non-hydrogen) atoms. The minimum atomic E-state index is -0.453. The molecule has 0 radical (unpaired) electrons. The van der Waals surface area contributed by atoms with E-state index in [0.717, 1.165) is 22.6 Å². The zero-order valence-electron chi connectivity index (χ0n) is 14.0. The standard InChI is InChI=1S/C21H16N2O2/c1-12-17(11-22)18(13-7-9-14(25-2)10-8-13)19-20(23-12)15-5-3-4-6-16(15)21(19)24/h3-10,17-18H,1-2H3/t17?,18-/m1/s1. The van der Waals surface area contributed by atoms with Crippen LogP contribution in [0.1, 0.15) is 34.3 Å². The first-order valence-electron chi connectivity index (χ1n) is 8.12. The summed E-state index contributed by atoms with van der Waals surface area (Å²) in [5.41, 5.74) is 4.54. The van der Waals surface area contributed by atoms with Gasteiger partial charge in [0.15, 0.2) is 5.78 Å². The van der Waals surface area contributed by atoms with Gasteiger partial charge in [-0.1, -0.05) is 36.4 Å². The first kappa shape index (κ1) is 15.3. The van der Waals surface area contributed by atoms with Gasteiger partial charge >= 0.3 is 0 Å². The Labute approximate surface area is 146 Å². The molecule has 122 valence electrons. The summed E-state index contributed by atoms with van der Waals surface area (Å²) < 4.78 is 5.22. The molecular weight excluding hydrogens is 312 g/mol. The molecule has 0 fully saturated rings. The quantitative estimate of drug-likeness (QED) is 0.837. The number of hydrogen-bond acceptors (Lipinski definition) is 4. The van der Waals surface area contributed by atoms with E-state index in [4.69, 9.17) is 4.74 Å². The molecule has 1 unspecified atom stereocenters. The lowest BCUT2D eigenvalue weighted by Gasteiger charge is -2.27. The molecule has 0 spiro atoms. The Hall–Kier alpha value is -3.19. The highest BCUT2D eigenvalue weighted by Crippen LogP contribution is 2.47. The third-order valence-electron chi connectivity index (χ3n) is 4.92. The topological polar surface area (TPSA) is 62.4 Å². The number of nitriles is 1. The van der Waals surface area contributed by atoms with E-state index < -0.39 is 5.92 Å².